The zero-order chi connectivity index (χ0) is 32.2. The summed E-state index contributed by atoms with van der Waals surface area (Å²) in [5.74, 6) is 0.578. The monoisotopic (exact) mass is 749 g/mol. The molecular weight excluding hydrogens is 722 g/mol. The zero-order valence-electron chi connectivity index (χ0n) is 25.0. The molecule has 0 N–H and O–H groups in total. The second-order valence-electron chi connectivity index (χ2n) is 10.4. The minimum absolute atomic E-state index is 0.129. The summed E-state index contributed by atoms with van der Waals surface area (Å²) in [5.41, 5.74) is 3.22. The molecular formula is C34H29Br2N3O5S. The molecule has 1 aromatic heterocycles. The van der Waals surface area contributed by atoms with Gasteiger partial charge in [-0.15, -0.1) is 0 Å². The van der Waals surface area contributed by atoms with E-state index in [0.717, 1.165) is 10.0 Å². The van der Waals surface area contributed by atoms with Gasteiger partial charge in [0.05, 0.1) is 44.6 Å². The first kappa shape index (κ1) is 32.4. The van der Waals surface area contributed by atoms with Crippen LogP contribution in [0, 0.1) is 11.3 Å². The molecule has 0 saturated heterocycles. The van der Waals surface area contributed by atoms with E-state index in [0.29, 0.717) is 47.7 Å². The van der Waals surface area contributed by atoms with Crippen LogP contribution in [0.4, 0.5) is 0 Å². The van der Waals surface area contributed by atoms with E-state index in [-0.39, 0.29) is 30.5 Å². The van der Waals surface area contributed by atoms with Gasteiger partial charge in [-0.3, -0.25) is 9.36 Å². The van der Waals surface area contributed by atoms with E-state index in [4.69, 9.17) is 24.5 Å². The largest absolute Gasteiger partial charge is 0.491 e. The number of para-hydroxylation sites is 1. The average molecular weight is 751 g/mol. The Bertz CT molecular complexity index is 2020. The number of esters is 1. The minimum atomic E-state index is -0.807. The first-order chi connectivity index (χ1) is 21.6. The van der Waals surface area contributed by atoms with Gasteiger partial charge < -0.3 is 14.2 Å². The quantitative estimate of drug-likeness (QED) is 0.180. The van der Waals surface area contributed by atoms with Crippen molar-refractivity contribution in [2.75, 3.05) is 6.61 Å². The fourth-order valence-corrected chi connectivity index (χ4v) is 7.38. The van der Waals surface area contributed by atoms with Crippen molar-refractivity contribution in [2.45, 2.75) is 46.4 Å². The highest BCUT2D eigenvalue weighted by molar-refractivity contribution is 9.11. The third-order valence-corrected chi connectivity index (χ3v) is 8.91. The van der Waals surface area contributed by atoms with Gasteiger partial charge >= 0.3 is 5.97 Å². The highest BCUT2D eigenvalue weighted by atomic mass is 79.9. The third kappa shape index (κ3) is 6.98. The van der Waals surface area contributed by atoms with Gasteiger partial charge in [-0.05, 0) is 85.6 Å². The molecule has 0 unspecified atom stereocenters. The van der Waals surface area contributed by atoms with Crippen LogP contribution in [0.3, 0.4) is 0 Å². The number of aromatic nitrogens is 1. The predicted octanol–water partition coefficient (Wildman–Crippen LogP) is 6.56. The lowest BCUT2D eigenvalue weighted by Gasteiger charge is -2.26. The number of fused-ring (bicyclic) bond motifs is 1. The Balaban J connectivity index is 1.66. The standard InChI is InChI=1S/C34H29Br2N3O5S/c1-5-42-33(41)29-20(4)38-34-39(30(29)25-8-6-7-9-27(25)44-19(2)3)32(40)28(45-34)15-23-14-24(35)16-26(36)31(23)43-18-22-12-10-21(17-37)11-13-22/h6-16,19,30H,5,18H2,1-4H3/b28-15-/t30-/m1/s1. The molecule has 4 aromatic rings. The number of allylic oxidation sites excluding steroid dienone is 1. The lowest BCUT2D eigenvalue weighted by Crippen LogP contribution is -2.40. The van der Waals surface area contributed by atoms with Crippen LogP contribution in [0.5, 0.6) is 11.5 Å². The third-order valence-electron chi connectivity index (χ3n) is 6.88. The fraction of sp³-hybridized carbons (Fsp3) is 0.235. The van der Waals surface area contributed by atoms with Gasteiger partial charge in [0.25, 0.3) is 5.56 Å². The Morgan fingerprint density at radius 1 is 1.16 bits per heavy atom. The van der Waals surface area contributed by atoms with Crippen LogP contribution in [-0.2, 0) is 16.1 Å². The molecule has 1 atom stereocenters. The Morgan fingerprint density at radius 2 is 1.89 bits per heavy atom. The van der Waals surface area contributed by atoms with Gasteiger partial charge in [0, 0.05) is 15.6 Å². The number of thiazole rings is 1. The Labute approximate surface area is 281 Å². The van der Waals surface area contributed by atoms with Gasteiger partial charge in [0.15, 0.2) is 4.80 Å². The second-order valence-corrected chi connectivity index (χ2v) is 13.2. The molecule has 1 aliphatic heterocycles. The molecule has 0 spiro atoms. The van der Waals surface area contributed by atoms with Gasteiger partial charge in [-0.2, -0.15) is 5.26 Å². The van der Waals surface area contributed by atoms with E-state index in [2.05, 4.69) is 37.9 Å². The van der Waals surface area contributed by atoms with Crippen LogP contribution in [0.1, 0.15) is 56.0 Å². The molecule has 0 fully saturated rings. The highest BCUT2D eigenvalue weighted by Gasteiger charge is 2.35. The van der Waals surface area contributed by atoms with Crippen molar-refractivity contribution in [3.05, 3.63) is 123 Å². The van der Waals surface area contributed by atoms with Crippen LogP contribution in [0.25, 0.3) is 6.08 Å². The molecule has 230 valence electrons. The van der Waals surface area contributed by atoms with E-state index in [1.807, 2.05) is 62.4 Å². The van der Waals surface area contributed by atoms with Crippen LogP contribution >= 0.6 is 43.2 Å². The van der Waals surface area contributed by atoms with Gasteiger partial charge in [0.2, 0.25) is 0 Å². The number of rotatable bonds is 9. The maximum absolute atomic E-state index is 14.3. The normalized spacial score (nSPS) is 14.5. The molecule has 2 heterocycles. The van der Waals surface area contributed by atoms with Crippen molar-refractivity contribution in [2.24, 2.45) is 4.99 Å². The van der Waals surface area contributed by atoms with E-state index in [1.54, 1.807) is 36.6 Å². The topological polar surface area (TPSA) is 103 Å². The van der Waals surface area contributed by atoms with Crippen molar-refractivity contribution in [3.8, 4) is 17.6 Å². The number of ether oxygens (including phenoxy) is 3. The number of hydrogen-bond acceptors (Lipinski definition) is 8. The highest BCUT2D eigenvalue weighted by Crippen LogP contribution is 2.37. The maximum Gasteiger partial charge on any atom is 0.338 e. The lowest BCUT2D eigenvalue weighted by atomic mass is 9.95. The first-order valence-corrected chi connectivity index (χ1v) is 16.6. The summed E-state index contributed by atoms with van der Waals surface area (Å²) in [6, 6.07) is 19.6. The Kier molecular flexibility index (Phi) is 10.1. The molecule has 0 amide bonds. The summed E-state index contributed by atoms with van der Waals surface area (Å²) in [5, 5.41) is 9.11. The molecule has 3 aromatic carbocycles. The number of carbonyl (C=O) groups is 1. The van der Waals surface area contributed by atoms with E-state index >= 15 is 0 Å². The summed E-state index contributed by atoms with van der Waals surface area (Å²) in [7, 11) is 0. The number of hydrogen-bond donors (Lipinski definition) is 0. The SMILES string of the molecule is CCOC(=O)C1=C(C)N=c2s/c(=C\c3cc(Br)cc(Br)c3OCc3ccc(C#N)cc3)c(=O)n2[C@@H]1c1ccccc1OC(C)C. The summed E-state index contributed by atoms with van der Waals surface area (Å²) in [4.78, 5) is 32.8. The molecule has 11 heteroatoms. The summed E-state index contributed by atoms with van der Waals surface area (Å²) in [6.45, 7) is 7.77. The molecule has 1 aliphatic rings. The zero-order valence-corrected chi connectivity index (χ0v) is 29.0. The molecule has 0 aliphatic carbocycles. The average Bonchev–Trinajstić information content (AvgIpc) is 3.30. The molecule has 0 bridgehead atoms. The number of carbonyl (C=O) groups excluding carboxylic acids is 1. The van der Waals surface area contributed by atoms with Crippen molar-refractivity contribution < 1.29 is 19.0 Å². The molecule has 5 rings (SSSR count). The number of benzene rings is 3. The van der Waals surface area contributed by atoms with E-state index in [1.165, 1.54) is 11.3 Å². The molecule has 8 nitrogen and oxygen atoms in total. The predicted molar refractivity (Wildman–Crippen MR) is 180 cm³/mol. The van der Waals surface area contributed by atoms with Gasteiger partial charge in [-0.1, -0.05) is 57.6 Å². The lowest BCUT2D eigenvalue weighted by molar-refractivity contribution is -0.139. The van der Waals surface area contributed by atoms with Crippen LogP contribution in [-0.4, -0.2) is 23.2 Å². The Hall–Kier alpha value is -3.98. The van der Waals surface area contributed by atoms with Crippen molar-refractivity contribution >= 4 is 55.2 Å². The van der Waals surface area contributed by atoms with Crippen LogP contribution in [0.15, 0.2) is 90.7 Å². The summed E-state index contributed by atoms with van der Waals surface area (Å²) >= 11 is 8.39. The van der Waals surface area contributed by atoms with Crippen molar-refractivity contribution in [1.82, 2.24) is 4.57 Å². The number of halogens is 2. The van der Waals surface area contributed by atoms with Gasteiger partial charge in [0.1, 0.15) is 24.1 Å². The van der Waals surface area contributed by atoms with E-state index in [9.17, 15) is 9.59 Å². The van der Waals surface area contributed by atoms with Crippen molar-refractivity contribution in [1.29, 1.82) is 5.26 Å². The fourth-order valence-electron chi connectivity index (χ4n) is 4.97. The van der Waals surface area contributed by atoms with Gasteiger partial charge in [-0.25, -0.2) is 9.79 Å². The molecule has 0 saturated carbocycles. The minimum Gasteiger partial charge on any atom is -0.491 e. The number of nitrogens with zero attached hydrogens (tertiary/aromatic N) is 3. The van der Waals surface area contributed by atoms with E-state index < -0.39 is 12.0 Å². The van der Waals surface area contributed by atoms with Crippen LogP contribution < -0.4 is 24.4 Å². The summed E-state index contributed by atoms with van der Waals surface area (Å²) < 4.78 is 21.2. The second kappa shape index (κ2) is 14.0. The number of nitriles is 1. The smallest absolute Gasteiger partial charge is 0.338 e. The Morgan fingerprint density at radius 3 is 2.58 bits per heavy atom. The van der Waals surface area contributed by atoms with Crippen molar-refractivity contribution in [3.63, 3.8) is 0 Å². The molecule has 0 radical (unpaired) electrons. The first-order valence-electron chi connectivity index (χ1n) is 14.2. The molecule has 45 heavy (non-hydrogen) atoms. The maximum atomic E-state index is 14.3. The van der Waals surface area contributed by atoms with Crippen LogP contribution in [0.2, 0.25) is 0 Å². The summed E-state index contributed by atoms with van der Waals surface area (Å²) in [6.07, 6.45) is 1.64.